The first kappa shape index (κ1) is 21.0. The van der Waals surface area contributed by atoms with Crippen molar-refractivity contribution < 1.29 is 4.57 Å². The van der Waals surface area contributed by atoms with E-state index in [9.17, 15) is 4.57 Å². The third kappa shape index (κ3) is 5.86. The Bertz CT molecular complexity index is 744. The minimum atomic E-state index is -3.04. The van der Waals surface area contributed by atoms with Crippen LogP contribution in [0.25, 0.3) is 10.1 Å². The minimum Gasteiger partial charge on any atom is -0.297 e. The van der Waals surface area contributed by atoms with Gasteiger partial charge in [-0.3, -0.25) is 9.24 Å². The van der Waals surface area contributed by atoms with Crippen molar-refractivity contribution in [3.8, 4) is 0 Å². The van der Waals surface area contributed by atoms with Crippen molar-refractivity contribution >= 4 is 40.6 Å². The Morgan fingerprint density at radius 2 is 1.35 bits per heavy atom. The van der Waals surface area contributed by atoms with E-state index in [0.717, 1.165) is 24.0 Å². The summed E-state index contributed by atoms with van der Waals surface area (Å²) in [5, 5.41) is 0.928. The zero-order chi connectivity index (χ0) is 19.0. The lowest BCUT2D eigenvalue weighted by Crippen LogP contribution is -2.14. The van der Waals surface area contributed by atoms with Crippen molar-refractivity contribution in [2.45, 2.75) is 19.8 Å². The lowest BCUT2D eigenvalue weighted by Gasteiger charge is -2.24. The van der Waals surface area contributed by atoms with Crippen LogP contribution in [0.2, 0.25) is 0 Å². The third-order valence-corrected chi connectivity index (χ3v) is 7.55. The van der Waals surface area contributed by atoms with Crippen LogP contribution in [0.3, 0.4) is 0 Å². The highest BCUT2D eigenvalue weighted by atomic mass is 35.5. The molecule has 2 aromatic carbocycles. The molecule has 0 amide bonds. The molecule has 0 unspecified atom stereocenters. The van der Waals surface area contributed by atoms with Gasteiger partial charge in [0.25, 0.3) is 0 Å². The molecule has 26 heavy (non-hydrogen) atoms. The number of hydrogen-bond donors (Lipinski definition) is 0. The molecule has 0 N–H and O–H groups in total. The van der Waals surface area contributed by atoms with E-state index in [1.165, 1.54) is 0 Å². The number of rotatable bonds is 8. The van der Waals surface area contributed by atoms with Crippen LogP contribution >= 0.6 is 30.5 Å². The number of halogens is 2. The van der Waals surface area contributed by atoms with E-state index < -0.39 is 7.29 Å². The molecule has 0 bridgehead atoms. The first-order valence-electron chi connectivity index (χ1n) is 8.65. The quantitative estimate of drug-likeness (QED) is 0.422. The summed E-state index contributed by atoms with van der Waals surface area (Å²) < 4.78 is 15.6. The zero-order valence-corrected chi connectivity index (χ0v) is 17.5. The smallest absolute Gasteiger partial charge is 0.196 e. The second-order valence-electron chi connectivity index (χ2n) is 6.09. The van der Waals surface area contributed by atoms with Gasteiger partial charge in [0.2, 0.25) is 0 Å². The molecule has 138 valence electrons. The molecular weight excluding hydrogens is 384 g/mol. The molecule has 0 saturated carbocycles. The largest absolute Gasteiger partial charge is 0.297 e. The second kappa shape index (κ2) is 10.1. The van der Waals surface area contributed by atoms with Crippen LogP contribution in [-0.4, -0.2) is 18.3 Å². The van der Waals surface area contributed by atoms with Crippen LogP contribution in [0, 0.1) is 0 Å². The van der Waals surface area contributed by atoms with Crippen LogP contribution in [0.4, 0.5) is 0 Å². The van der Waals surface area contributed by atoms with Crippen LogP contribution in [-0.2, 0) is 4.57 Å². The maximum absolute atomic E-state index is 13.8. The highest BCUT2D eigenvalue weighted by Crippen LogP contribution is 2.56. The molecule has 0 atom stereocenters. The summed E-state index contributed by atoms with van der Waals surface area (Å²) in [5.41, 5.74) is 1.67. The van der Waals surface area contributed by atoms with Gasteiger partial charge in [0.1, 0.15) is 0 Å². The van der Waals surface area contributed by atoms with E-state index in [-0.39, 0.29) is 0 Å². The fourth-order valence-corrected chi connectivity index (χ4v) is 5.41. The van der Waals surface area contributed by atoms with Crippen LogP contribution in [0.1, 0.15) is 30.9 Å². The topological polar surface area (TPSA) is 20.3 Å². The van der Waals surface area contributed by atoms with Crippen molar-refractivity contribution in [3.63, 3.8) is 0 Å². The molecule has 0 radical (unpaired) electrons. The summed E-state index contributed by atoms with van der Waals surface area (Å²) in [7, 11) is -1.18. The Morgan fingerprint density at radius 1 is 0.923 bits per heavy atom. The molecule has 0 aromatic heterocycles. The summed E-state index contributed by atoms with van der Waals surface area (Å²) in [5.74, 6) is 3.29. The van der Waals surface area contributed by atoms with Gasteiger partial charge in [-0.2, -0.15) is 0 Å². The van der Waals surface area contributed by atoms with Gasteiger partial charge in [0.05, 0.1) is 10.1 Å². The highest BCUT2D eigenvalue weighted by molar-refractivity contribution is 7.68. The number of hydrogen-bond acceptors (Lipinski definition) is 1. The molecular formula is C21H24Cl2NOP. The molecule has 2 nitrogen and oxygen atoms in total. The Kier molecular flexibility index (Phi) is 8.18. The van der Waals surface area contributed by atoms with Gasteiger partial charge >= 0.3 is 0 Å². The first-order valence-corrected chi connectivity index (χ1v) is 11.2. The first-order chi connectivity index (χ1) is 12.5. The van der Waals surface area contributed by atoms with Gasteiger partial charge in [-0.15, -0.1) is 0 Å². The van der Waals surface area contributed by atoms with E-state index in [0.29, 0.717) is 16.6 Å². The maximum Gasteiger partial charge on any atom is 0.196 e. The van der Waals surface area contributed by atoms with Gasteiger partial charge in [0, 0.05) is 18.2 Å². The molecule has 5 heteroatoms. The summed E-state index contributed by atoms with van der Waals surface area (Å²) in [6.07, 6.45) is 1.98. The lowest BCUT2D eigenvalue weighted by atomic mass is 10.2. The van der Waals surface area contributed by atoms with Gasteiger partial charge in [-0.1, -0.05) is 97.2 Å². The standard InChI is InChI=1S/C21H24Cl2NOP/c1-3-4-15-24(2)26(25,16-20(22)18-11-7-5-8-12-18)17-21(23)19-13-9-6-10-14-19/h5-14,16-17H,3-4,15H2,1-2H3. The van der Waals surface area contributed by atoms with E-state index in [1.807, 2.05) is 72.4 Å². The Morgan fingerprint density at radius 3 is 1.73 bits per heavy atom. The van der Waals surface area contributed by atoms with Gasteiger partial charge < -0.3 is 0 Å². The Balaban J connectivity index is 2.44. The summed E-state index contributed by atoms with van der Waals surface area (Å²) in [6.45, 7) is 2.82. The second-order valence-corrected chi connectivity index (χ2v) is 9.45. The molecule has 0 aliphatic heterocycles. The van der Waals surface area contributed by atoms with E-state index in [1.54, 1.807) is 11.6 Å². The van der Waals surface area contributed by atoms with Crippen molar-refractivity contribution in [1.82, 2.24) is 4.67 Å². The number of benzene rings is 2. The number of nitrogens with zero attached hydrogens (tertiary/aromatic N) is 1. The molecule has 2 rings (SSSR count). The van der Waals surface area contributed by atoms with E-state index >= 15 is 0 Å². The van der Waals surface area contributed by atoms with Gasteiger partial charge in [0.15, 0.2) is 7.29 Å². The molecule has 0 saturated heterocycles. The van der Waals surface area contributed by atoms with Crippen molar-refractivity contribution in [3.05, 3.63) is 83.4 Å². The lowest BCUT2D eigenvalue weighted by molar-refractivity contribution is 0.471. The molecule has 0 aliphatic rings. The van der Waals surface area contributed by atoms with Crippen molar-refractivity contribution in [2.75, 3.05) is 13.6 Å². The normalized spacial score (nSPS) is 15.1. The van der Waals surface area contributed by atoms with Crippen LogP contribution in [0.5, 0.6) is 0 Å². The van der Waals surface area contributed by atoms with E-state index in [2.05, 4.69) is 6.92 Å². The summed E-state index contributed by atoms with van der Waals surface area (Å²) >= 11 is 13.0. The molecule has 0 fully saturated rings. The fraction of sp³-hybridized carbons (Fsp3) is 0.238. The van der Waals surface area contributed by atoms with Gasteiger partial charge in [-0.05, 0) is 24.6 Å². The SMILES string of the molecule is CCCCN(C)P(=O)(C=C(Cl)c1ccccc1)C=C(Cl)c1ccccc1. The number of unbranched alkanes of at least 4 members (excludes halogenated alkanes) is 1. The average molecular weight is 408 g/mol. The minimum absolute atomic E-state index is 0.464. The van der Waals surface area contributed by atoms with Crippen molar-refractivity contribution in [2.24, 2.45) is 0 Å². The molecule has 0 spiro atoms. The maximum atomic E-state index is 13.8. The van der Waals surface area contributed by atoms with Crippen LogP contribution in [0.15, 0.2) is 72.3 Å². The third-order valence-electron chi connectivity index (χ3n) is 4.06. The zero-order valence-electron chi connectivity index (χ0n) is 15.1. The Labute approximate surface area is 166 Å². The fourth-order valence-electron chi connectivity index (χ4n) is 2.45. The Hall–Kier alpha value is -1.31. The van der Waals surface area contributed by atoms with E-state index in [4.69, 9.17) is 23.2 Å². The average Bonchev–Trinajstić information content (AvgIpc) is 2.67. The molecule has 2 aromatic rings. The molecule has 0 aliphatic carbocycles. The summed E-state index contributed by atoms with van der Waals surface area (Å²) in [6, 6.07) is 19.1. The molecule has 0 heterocycles. The predicted molar refractivity (Wildman–Crippen MR) is 116 cm³/mol. The highest BCUT2D eigenvalue weighted by Gasteiger charge is 2.24. The predicted octanol–water partition coefficient (Wildman–Crippen LogP) is 7.47. The summed E-state index contributed by atoms with van der Waals surface area (Å²) in [4.78, 5) is 0. The van der Waals surface area contributed by atoms with Crippen LogP contribution < -0.4 is 0 Å². The van der Waals surface area contributed by atoms with Gasteiger partial charge in [-0.25, -0.2) is 0 Å². The van der Waals surface area contributed by atoms with Crippen molar-refractivity contribution in [1.29, 1.82) is 0 Å². The monoisotopic (exact) mass is 407 g/mol.